The number of benzene rings is 1. The molecule has 152 valence electrons. The van der Waals surface area contributed by atoms with E-state index in [0.29, 0.717) is 17.5 Å². The van der Waals surface area contributed by atoms with Gasteiger partial charge in [-0.2, -0.15) is 18.2 Å². The number of halogens is 3. The van der Waals surface area contributed by atoms with Crippen LogP contribution in [-0.4, -0.2) is 40.2 Å². The Hall–Kier alpha value is -2.95. The highest BCUT2D eigenvalue weighted by molar-refractivity contribution is 6.34. The number of carbonyl (C=O) groups excluding carboxylic acids is 2. The zero-order valence-corrected chi connectivity index (χ0v) is 15.4. The number of carbonyl (C=O) groups is 2. The van der Waals surface area contributed by atoms with Gasteiger partial charge >= 0.3 is 23.9 Å². The van der Waals surface area contributed by atoms with Gasteiger partial charge in [-0.1, -0.05) is 36.3 Å². The van der Waals surface area contributed by atoms with Gasteiger partial charge in [0.15, 0.2) is 0 Å². The summed E-state index contributed by atoms with van der Waals surface area (Å²) in [5.74, 6) is -3.30. The van der Waals surface area contributed by atoms with Crippen molar-refractivity contribution in [2.24, 2.45) is 0 Å². The maximum absolute atomic E-state index is 12.5. The lowest BCUT2D eigenvalue weighted by Crippen LogP contribution is -2.45. The summed E-state index contributed by atoms with van der Waals surface area (Å²) in [6.07, 6.45) is -4.06. The predicted octanol–water partition coefficient (Wildman–Crippen LogP) is 2.56. The van der Waals surface area contributed by atoms with Crippen LogP contribution < -0.4 is 5.32 Å². The third-order valence-corrected chi connectivity index (χ3v) is 3.84. The lowest BCUT2D eigenvalue weighted by molar-refractivity contribution is -0.182. The quantitative estimate of drug-likeness (QED) is 0.591. The van der Waals surface area contributed by atoms with E-state index in [1.807, 2.05) is 6.92 Å². The van der Waals surface area contributed by atoms with E-state index in [4.69, 9.17) is 4.84 Å². The molecule has 1 heterocycles. The minimum atomic E-state index is -4.72. The second kappa shape index (κ2) is 8.83. The zero-order chi connectivity index (χ0) is 20.9. The molecule has 0 radical (unpaired) electrons. The molecule has 0 saturated carbocycles. The second-order valence-electron chi connectivity index (χ2n) is 5.92. The standard InChI is InChI=1S/C17H19F3N4O4/c1-4-10(2)21-14(25)15(26)24(27-3)9-11-5-7-12(8-6-11)13-22-16(28-23-13)17(18,19)20/h5-8,10H,4,9H2,1-3H3,(H,21,25). The second-order valence-corrected chi connectivity index (χ2v) is 5.92. The molecular formula is C17H19F3N4O4. The lowest BCUT2D eigenvalue weighted by Gasteiger charge is -2.20. The number of nitrogens with zero attached hydrogens (tertiary/aromatic N) is 3. The van der Waals surface area contributed by atoms with E-state index in [0.717, 1.165) is 5.06 Å². The number of rotatable bonds is 6. The Morgan fingerprint density at radius 3 is 2.43 bits per heavy atom. The van der Waals surface area contributed by atoms with Crippen molar-refractivity contribution in [3.8, 4) is 11.4 Å². The largest absolute Gasteiger partial charge is 0.471 e. The molecule has 11 heteroatoms. The van der Waals surface area contributed by atoms with Crippen molar-refractivity contribution < 1.29 is 32.1 Å². The van der Waals surface area contributed by atoms with Crippen LogP contribution in [0.3, 0.4) is 0 Å². The van der Waals surface area contributed by atoms with Gasteiger partial charge in [0.1, 0.15) is 0 Å². The Morgan fingerprint density at radius 2 is 1.93 bits per heavy atom. The normalized spacial score (nSPS) is 12.5. The van der Waals surface area contributed by atoms with Crippen LogP contribution >= 0.6 is 0 Å². The lowest BCUT2D eigenvalue weighted by atomic mass is 10.1. The van der Waals surface area contributed by atoms with Crippen LogP contribution in [0.1, 0.15) is 31.7 Å². The summed E-state index contributed by atoms with van der Waals surface area (Å²) in [5, 5.41) is 6.72. The predicted molar refractivity (Wildman–Crippen MR) is 90.2 cm³/mol. The van der Waals surface area contributed by atoms with Crippen LogP contribution in [-0.2, 0) is 27.1 Å². The fourth-order valence-electron chi connectivity index (χ4n) is 2.10. The highest BCUT2D eigenvalue weighted by atomic mass is 19.4. The molecule has 0 aliphatic rings. The molecule has 1 aromatic heterocycles. The van der Waals surface area contributed by atoms with Gasteiger partial charge in [0.05, 0.1) is 13.7 Å². The average Bonchev–Trinajstić information content (AvgIpc) is 3.16. The maximum Gasteiger partial charge on any atom is 0.471 e. The summed E-state index contributed by atoms with van der Waals surface area (Å²) < 4.78 is 41.8. The van der Waals surface area contributed by atoms with Crippen LogP contribution in [0.2, 0.25) is 0 Å². The smallest absolute Gasteiger partial charge is 0.345 e. The molecule has 1 aromatic carbocycles. The molecule has 1 atom stereocenters. The number of hydroxylamine groups is 2. The molecular weight excluding hydrogens is 381 g/mol. The van der Waals surface area contributed by atoms with Crippen LogP contribution in [0.4, 0.5) is 13.2 Å². The monoisotopic (exact) mass is 400 g/mol. The Kier molecular flexibility index (Phi) is 6.73. The van der Waals surface area contributed by atoms with Crippen molar-refractivity contribution in [3.63, 3.8) is 0 Å². The highest BCUT2D eigenvalue weighted by Gasteiger charge is 2.38. The molecule has 2 aromatic rings. The summed E-state index contributed by atoms with van der Waals surface area (Å²) in [6.45, 7) is 3.60. The van der Waals surface area contributed by atoms with Crippen molar-refractivity contribution in [2.75, 3.05) is 7.11 Å². The Balaban J connectivity index is 2.07. The Labute approximate surface area is 158 Å². The first kappa shape index (κ1) is 21.4. The number of amides is 2. The van der Waals surface area contributed by atoms with Crippen molar-refractivity contribution in [1.82, 2.24) is 20.5 Å². The van der Waals surface area contributed by atoms with Gasteiger partial charge in [0.25, 0.3) is 0 Å². The number of alkyl halides is 3. The van der Waals surface area contributed by atoms with Gasteiger partial charge in [-0.25, -0.2) is 5.06 Å². The van der Waals surface area contributed by atoms with Crippen LogP contribution in [0.15, 0.2) is 28.8 Å². The molecule has 0 saturated heterocycles. The van der Waals surface area contributed by atoms with E-state index in [1.165, 1.54) is 19.2 Å². The molecule has 2 amide bonds. The highest BCUT2D eigenvalue weighted by Crippen LogP contribution is 2.29. The average molecular weight is 400 g/mol. The zero-order valence-electron chi connectivity index (χ0n) is 15.4. The first-order valence-corrected chi connectivity index (χ1v) is 8.32. The number of hydrogen-bond donors (Lipinski definition) is 1. The van der Waals surface area contributed by atoms with Crippen molar-refractivity contribution in [3.05, 3.63) is 35.7 Å². The van der Waals surface area contributed by atoms with E-state index in [-0.39, 0.29) is 18.4 Å². The topological polar surface area (TPSA) is 97.6 Å². The number of hydrogen-bond acceptors (Lipinski definition) is 6. The Bertz CT molecular complexity index is 821. The number of nitrogens with one attached hydrogen (secondary N) is 1. The van der Waals surface area contributed by atoms with Gasteiger partial charge in [-0.15, -0.1) is 0 Å². The minimum Gasteiger partial charge on any atom is -0.345 e. The van der Waals surface area contributed by atoms with Gasteiger partial charge in [0.2, 0.25) is 5.82 Å². The number of aromatic nitrogens is 2. The first-order valence-electron chi connectivity index (χ1n) is 8.32. The maximum atomic E-state index is 12.5. The Morgan fingerprint density at radius 1 is 1.29 bits per heavy atom. The molecule has 2 rings (SSSR count). The van der Waals surface area contributed by atoms with Gasteiger partial charge in [-0.05, 0) is 18.9 Å². The van der Waals surface area contributed by atoms with Crippen LogP contribution in [0.25, 0.3) is 11.4 Å². The van der Waals surface area contributed by atoms with Crippen LogP contribution in [0, 0.1) is 0 Å². The fraction of sp³-hybridized carbons (Fsp3) is 0.412. The molecule has 0 bridgehead atoms. The van der Waals surface area contributed by atoms with Crippen molar-refractivity contribution >= 4 is 11.8 Å². The molecule has 1 unspecified atom stereocenters. The summed E-state index contributed by atoms with van der Waals surface area (Å²) in [7, 11) is 1.25. The molecule has 0 aliphatic carbocycles. The summed E-state index contributed by atoms with van der Waals surface area (Å²) >= 11 is 0. The van der Waals surface area contributed by atoms with Gasteiger partial charge in [-0.3, -0.25) is 14.4 Å². The molecule has 8 nitrogen and oxygen atoms in total. The third-order valence-electron chi connectivity index (χ3n) is 3.84. The van der Waals surface area contributed by atoms with Crippen LogP contribution in [0.5, 0.6) is 0 Å². The van der Waals surface area contributed by atoms with Crippen molar-refractivity contribution in [1.29, 1.82) is 0 Å². The SMILES string of the molecule is CCC(C)NC(=O)C(=O)N(Cc1ccc(-c2noc(C(F)(F)F)n2)cc1)OC. The van der Waals surface area contributed by atoms with E-state index in [1.54, 1.807) is 19.1 Å². The summed E-state index contributed by atoms with van der Waals surface area (Å²) in [5.41, 5.74) is 0.877. The first-order chi connectivity index (χ1) is 13.2. The fourth-order valence-corrected chi connectivity index (χ4v) is 2.10. The molecule has 0 fully saturated rings. The molecule has 0 aliphatic heterocycles. The molecule has 28 heavy (non-hydrogen) atoms. The van der Waals surface area contributed by atoms with E-state index >= 15 is 0 Å². The summed E-state index contributed by atoms with van der Waals surface area (Å²) in [6, 6.07) is 5.87. The van der Waals surface area contributed by atoms with Gasteiger partial charge < -0.3 is 9.84 Å². The summed E-state index contributed by atoms with van der Waals surface area (Å²) in [4.78, 5) is 32.4. The van der Waals surface area contributed by atoms with E-state index < -0.39 is 23.9 Å². The van der Waals surface area contributed by atoms with Gasteiger partial charge in [0, 0.05) is 11.6 Å². The third kappa shape index (κ3) is 5.28. The molecule has 0 spiro atoms. The van der Waals surface area contributed by atoms with E-state index in [9.17, 15) is 22.8 Å². The van der Waals surface area contributed by atoms with Crippen molar-refractivity contribution in [2.45, 2.75) is 39.0 Å². The minimum absolute atomic E-state index is 0.0381. The van der Waals surface area contributed by atoms with E-state index in [2.05, 4.69) is 20.0 Å². The molecule has 1 N–H and O–H groups in total.